The van der Waals surface area contributed by atoms with Gasteiger partial charge in [0.2, 0.25) is 5.91 Å². The van der Waals surface area contributed by atoms with Crippen molar-refractivity contribution >= 4 is 23.2 Å². The fourth-order valence-corrected chi connectivity index (χ4v) is 3.11. The molecule has 2 amide bonds. The Morgan fingerprint density at radius 3 is 2.76 bits per heavy atom. The molecule has 1 heterocycles. The number of fused-ring (bicyclic) bond motifs is 1. The van der Waals surface area contributed by atoms with Gasteiger partial charge in [-0.3, -0.25) is 9.59 Å². The zero-order valence-electron chi connectivity index (χ0n) is 14.5. The molecule has 0 spiro atoms. The van der Waals surface area contributed by atoms with E-state index >= 15 is 0 Å². The highest BCUT2D eigenvalue weighted by Gasteiger charge is 2.21. The van der Waals surface area contributed by atoms with E-state index in [1.807, 2.05) is 37.3 Å². The van der Waals surface area contributed by atoms with Crippen LogP contribution in [0.15, 0.2) is 42.5 Å². The van der Waals surface area contributed by atoms with Crippen molar-refractivity contribution in [3.8, 4) is 5.75 Å². The first-order valence-corrected chi connectivity index (χ1v) is 8.54. The third kappa shape index (κ3) is 3.65. The van der Waals surface area contributed by atoms with Gasteiger partial charge in [-0.1, -0.05) is 18.2 Å². The molecular weight excluding hydrogens is 316 g/mol. The van der Waals surface area contributed by atoms with Gasteiger partial charge in [-0.25, -0.2) is 0 Å². The highest BCUT2D eigenvalue weighted by Crippen LogP contribution is 2.30. The van der Waals surface area contributed by atoms with E-state index in [0.29, 0.717) is 30.2 Å². The van der Waals surface area contributed by atoms with Crippen LogP contribution in [0.3, 0.4) is 0 Å². The largest absolute Gasteiger partial charge is 0.493 e. The number of ether oxygens (including phenoxy) is 1. The number of carbonyl (C=O) groups excluding carboxylic acids is 2. The van der Waals surface area contributed by atoms with Crippen molar-refractivity contribution in [1.82, 2.24) is 0 Å². The molecule has 5 heteroatoms. The maximum absolute atomic E-state index is 12.6. The molecule has 0 aromatic heterocycles. The summed E-state index contributed by atoms with van der Waals surface area (Å²) in [7, 11) is 0. The van der Waals surface area contributed by atoms with Crippen molar-refractivity contribution in [3.05, 3.63) is 53.6 Å². The van der Waals surface area contributed by atoms with Gasteiger partial charge in [-0.05, 0) is 49.6 Å². The van der Waals surface area contributed by atoms with E-state index in [1.165, 1.54) is 0 Å². The van der Waals surface area contributed by atoms with E-state index < -0.39 is 0 Å². The number of nitrogens with zero attached hydrogens (tertiary/aromatic N) is 1. The molecule has 2 aromatic carbocycles. The van der Waals surface area contributed by atoms with Crippen molar-refractivity contribution < 1.29 is 14.3 Å². The molecule has 0 saturated carbocycles. The Hall–Kier alpha value is -2.82. The summed E-state index contributed by atoms with van der Waals surface area (Å²) in [6.45, 7) is 4.66. The van der Waals surface area contributed by atoms with Gasteiger partial charge in [0, 0.05) is 24.8 Å². The predicted octanol–water partition coefficient (Wildman–Crippen LogP) is 3.64. The van der Waals surface area contributed by atoms with E-state index in [0.717, 1.165) is 24.1 Å². The zero-order chi connectivity index (χ0) is 17.8. The van der Waals surface area contributed by atoms with Crippen molar-refractivity contribution in [2.75, 3.05) is 23.4 Å². The minimum atomic E-state index is -0.228. The molecule has 0 radical (unpaired) electrons. The molecular formula is C20H22N2O3. The zero-order valence-corrected chi connectivity index (χ0v) is 14.5. The molecule has 1 aliphatic rings. The van der Waals surface area contributed by atoms with Crippen LogP contribution in [0.5, 0.6) is 5.75 Å². The number of benzene rings is 2. The normalized spacial score (nSPS) is 13.1. The van der Waals surface area contributed by atoms with Gasteiger partial charge in [0.15, 0.2) is 0 Å². The van der Waals surface area contributed by atoms with Gasteiger partial charge < -0.3 is 15.0 Å². The third-order valence-electron chi connectivity index (χ3n) is 4.27. The number of para-hydroxylation sites is 1. The van der Waals surface area contributed by atoms with Gasteiger partial charge in [0.05, 0.1) is 12.2 Å². The molecule has 0 atom stereocenters. The summed E-state index contributed by atoms with van der Waals surface area (Å²) < 4.78 is 5.52. The minimum Gasteiger partial charge on any atom is -0.493 e. The number of amides is 2. The average Bonchev–Trinajstić information content (AvgIpc) is 2.61. The molecule has 0 fully saturated rings. The number of rotatable bonds is 4. The van der Waals surface area contributed by atoms with Crippen LogP contribution >= 0.6 is 0 Å². The SMILES string of the molecule is CCOc1ccccc1C(=O)Nc1ccc2c(c1)N(C(C)=O)CCC2. The van der Waals surface area contributed by atoms with E-state index in [1.54, 1.807) is 24.0 Å². The first kappa shape index (κ1) is 17.0. The molecule has 130 valence electrons. The van der Waals surface area contributed by atoms with Crippen LogP contribution < -0.4 is 15.0 Å². The van der Waals surface area contributed by atoms with Crippen LogP contribution in [0, 0.1) is 0 Å². The van der Waals surface area contributed by atoms with Gasteiger partial charge in [-0.2, -0.15) is 0 Å². The first-order chi connectivity index (χ1) is 12.1. The Morgan fingerprint density at radius 2 is 2.00 bits per heavy atom. The molecule has 0 bridgehead atoms. The molecule has 25 heavy (non-hydrogen) atoms. The van der Waals surface area contributed by atoms with Crippen LogP contribution in [0.25, 0.3) is 0 Å². The van der Waals surface area contributed by atoms with E-state index in [4.69, 9.17) is 4.74 Å². The van der Waals surface area contributed by atoms with Crippen molar-refractivity contribution in [1.29, 1.82) is 0 Å². The van der Waals surface area contributed by atoms with Gasteiger partial charge in [-0.15, -0.1) is 0 Å². The lowest BCUT2D eigenvalue weighted by Gasteiger charge is -2.29. The maximum atomic E-state index is 12.6. The topological polar surface area (TPSA) is 58.6 Å². The van der Waals surface area contributed by atoms with Crippen molar-refractivity contribution in [3.63, 3.8) is 0 Å². The molecule has 3 rings (SSSR count). The molecule has 0 saturated heterocycles. The van der Waals surface area contributed by atoms with E-state index in [9.17, 15) is 9.59 Å². The molecule has 1 N–H and O–H groups in total. The second kappa shape index (κ2) is 7.38. The van der Waals surface area contributed by atoms with Gasteiger partial charge in [0.1, 0.15) is 5.75 Å². The molecule has 0 unspecified atom stereocenters. The summed E-state index contributed by atoms with van der Waals surface area (Å²) in [6, 6.07) is 12.9. The highest BCUT2D eigenvalue weighted by atomic mass is 16.5. The third-order valence-corrected chi connectivity index (χ3v) is 4.27. The summed E-state index contributed by atoms with van der Waals surface area (Å²) in [5.74, 6) is 0.353. The summed E-state index contributed by atoms with van der Waals surface area (Å²) in [6.07, 6.45) is 1.90. The highest BCUT2D eigenvalue weighted by molar-refractivity contribution is 6.06. The maximum Gasteiger partial charge on any atom is 0.259 e. The van der Waals surface area contributed by atoms with Gasteiger partial charge >= 0.3 is 0 Å². The minimum absolute atomic E-state index is 0.0196. The number of carbonyl (C=O) groups is 2. The summed E-state index contributed by atoms with van der Waals surface area (Å²) in [4.78, 5) is 26.2. The Balaban J connectivity index is 1.85. The predicted molar refractivity (Wildman–Crippen MR) is 98.4 cm³/mol. The molecule has 1 aliphatic heterocycles. The standard InChI is InChI=1S/C20H22N2O3/c1-3-25-19-9-5-4-8-17(19)20(24)21-16-11-10-15-7-6-12-22(14(2)23)18(15)13-16/h4-5,8-11,13H,3,6-7,12H2,1-2H3,(H,21,24). The fourth-order valence-electron chi connectivity index (χ4n) is 3.11. The summed E-state index contributed by atoms with van der Waals surface area (Å²) in [5.41, 5.74) is 3.18. The van der Waals surface area contributed by atoms with Crippen LogP contribution in [-0.4, -0.2) is 25.0 Å². The quantitative estimate of drug-likeness (QED) is 0.926. The van der Waals surface area contributed by atoms with Gasteiger partial charge in [0.25, 0.3) is 5.91 Å². The van der Waals surface area contributed by atoms with E-state index in [2.05, 4.69) is 5.32 Å². The lowest BCUT2D eigenvalue weighted by Crippen LogP contribution is -2.33. The first-order valence-electron chi connectivity index (χ1n) is 8.54. The number of nitrogens with one attached hydrogen (secondary N) is 1. The number of aryl methyl sites for hydroxylation is 1. The second-order valence-electron chi connectivity index (χ2n) is 6.00. The van der Waals surface area contributed by atoms with Crippen molar-refractivity contribution in [2.24, 2.45) is 0 Å². The lowest BCUT2D eigenvalue weighted by molar-refractivity contribution is -0.116. The molecule has 0 aliphatic carbocycles. The fraction of sp³-hybridized carbons (Fsp3) is 0.300. The second-order valence-corrected chi connectivity index (χ2v) is 6.00. The van der Waals surface area contributed by atoms with Crippen LogP contribution in [0.2, 0.25) is 0 Å². The Morgan fingerprint density at radius 1 is 1.20 bits per heavy atom. The number of anilines is 2. The molecule has 5 nitrogen and oxygen atoms in total. The lowest BCUT2D eigenvalue weighted by atomic mass is 10.0. The molecule has 2 aromatic rings. The number of hydrogen-bond acceptors (Lipinski definition) is 3. The van der Waals surface area contributed by atoms with Crippen LogP contribution in [0.1, 0.15) is 36.2 Å². The van der Waals surface area contributed by atoms with Crippen LogP contribution in [0.4, 0.5) is 11.4 Å². The summed E-state index contributed by atoms with van der Waals surface area (Å²) >= 11 is 0. The monoisotopic (exact) mass is 338 g/mol. The average molecular weight is 338 g/mol. The van der Waals surface area contributed by atoms with E-state index in [-0.39, 0.29) is 11.8 Å². The number of hydrogen-bond donors (Lipinski definition) is 1. The Kier molecular flexibility index (Phi) is 5.03. The Labute approximate surface area is 147 Å². The van der Waals surface area contributed by atoms with Crippen LogP contribution in [-0.2, 0) is 11.2 Å². The smallest absolute Gasteiger partial charge is 0.259 e. The summed E-state index contributed by atoms with van der Waals surface area (Å²) in [5, 5.41) is 2.91. The Bertz CT molecular complexity index is 801. The van der Waals surface area contributed by atoms with Crippen molar-refractivity contribution in [2.45, 2.75) is 26.7 Å².